The molecular weight excluding hydrogens is 459 g/mol. The maximum Gasteiger partial charge on any atom is 0.267 e. The van der Waals surface area contributed by atoms with Crippen molar-refractivity contribution in [1.29, 1.82) is 0 Å². The Hall–Kier alpha value is -2.74. The predicted octanol–water partition coefficient (Wildman–Crippen LogP) is 4.73. The summed E-state index contributed by atoms with van der Waals surface area (Å²) in [5.41, 5.74) is 1.44. The number of benzene rings is 3. The Bertz CT molecular complexity index is 1200. The minimum Gasteiger partial charge on any atom is -0.476 e. The highest BCUT2D eigenvalue weighted by Gasteiger charge is 2.36. The maximum absolute atomic E-state index is 13.2. The Morgan fingerprint density at radius 3 is 2.35 bits per heavy atom. The van der Waals surface area contributed by atoms with Gasteiger partial charge in [-0.3, -0.25) is 9.10 Å². The molecule has 1 unspecified atom stereocenters. The van der Waals surface area contributed by atoms with Gasteiger partial charge >= 0.3 is 0 Å². The molecule has 1 aliphatic heterocycles. The molecule has 4 rings (SSSR count). The summed E-state index contributed by atoms with van der Waals surface area (Å²) in [7, 11) is -3.77. The Labute approximate surface area is 190 Å². The van der Waals surface area contributed by atoms with E-state index in [9.17, 15) is 13.2 Å². The highest BCUT2D eigenvalue weighted by Crippen LogP contribution is 2.36. The molecule has 1 atom stereocenters. The number of nitrogens with one attached hydrogen (secondary N) is 1. The zero-order valence-corrected chi connectivity index (χ0v) is 18.5. The summed E-state index contributed by atoms with van der Waals surface area (Å²) in [6.07, 6.45) is -1.06. The van der Waals surface area contributed by atoms with E-state index < -0.39 is 22.0 Å². The molecule has 6 nitrogen and oxygen atoms in total. The second-order valence-corrected chi connectivity index (χ2v) is 9.76. The molecule has 1 aliphatic rings. The van der Waals surface area contributed by atoms with Crippen LogP contribution in [-0.4, -0.2) is 27.0 Å². The third kappa shape index (κ3) is 4.95. The quantitative estimate of drug-likeness (QED) is 0.577. The molecule has 3 aromatic carbocycles. The van der Waals surface area contributed by atoms with E-state index in [0.717, 1.165) is 0 Å². The van der Waals surface area contributed by atoms with Crippen LogP contribution in [0.2, 0.25) is 10.0 Å². The number of carbonyl (C=O) groups is 1. The van der Waals surface area contributed by atoms with E-state index in [2.05, 4.69) is 5.32 Å². The molecule has 31 heavy (non-hydrogen) atoms. The van der Waals surface area contributed by atoms with Crippen LogP contribution in [0.1, 0.15) is 5.56 Å². The molecule has 1 amide bonds. The molecule has 160 valence electrons. The number of rotatable bonds is 5. The van der Waals surface area contributed by atoms with Crippen molar-refractivity contribution >= 4 is 50.5 Å². The number of para-hydroxylation sites is 2. The summed E-state index contributed by atoms with van der Waals surface area (Å²) >= 11 is 12.0. The van der Waals surface area contributed by atoms with Crippen LogP contribution in [-0.2, 0) is 20.6 Å². The number of carbonyl (C=O) groups excluding carboxylic acids is 1. The van der Waals surface area contributed by atoms with E-state index in [1.165, 1.54) is 4.31 Å². The Kier molecular flexibility index (Phi) is 6.09. The first kappa shape index (κ1) is 21.5. The lowest BCUT2D eigenvalue weighted by atomic mass is 10.2. The van der Waals surface area contributed by atoms with Gasteiger partial charge in [-0.2, -0.15) is 0 Å². The zero-order chi connectivity index (χ0) is 22.0. The van der Waals surface area contributed by atoms with Gasteiger partial charge in [-0.25, -0.2) is 8.42 Å². The number of halogens is 2. The van der Waals surface area contributed by atoms with Crippen molar-refractivity contribution in [3.05, 3.63) is 88.4 Å². The molecule has 3 aromatic rings. The third-order valence-corrected chi connectivity index (χ3v) is 6.84. The molecule has 0 spiro atoms. The van der Waals surface area contributed by atoms with E-state index >= 15 is 0 Å². The monoisotopic (exact) mass is 476 g/mol. The normalized spacial score (nSPS) is 15.7. The second kappa shape index (κ2) is 8.78. The van der Waals surface area contributed by atoms with E-state index in [1.807, 2.05) is 6.07 Å². The molecule has 0 aromatic heterocycles. The fourth-order valence-electron chi connectivity index (χ4n) is 3.31. The van der Waals surface area contributed by atoms with Crippen molar-refractivity contribution in [1.82, 2.24) is 0 Å². The number of amides is 1. The molecule has 0 bridgehead atoms. The number of sulfonamides is 1. The number of hydrogen-bond donors (Lipinski definition) is 1. The number of hydrogen-bond acceptors (Lipinski definition) is 4. The first-order chi connectivity index (χ1) is 14.8. The average molecular weight is 477 g/mol. The van der Waals surface area contributed by atoms with Crippen molar-refractivity contribution in [3.63, 3.8) is 0 Å². The minimum atomic E-state index is -3.77. The number of fused-ring (bicyclic) bond motifs is 1. The lowest BCUT2D eigenvalue weighted by Gasteiger charge is -2.34. The summed E-state index contributed by atoms with van der Waals surface area (Å²) in [5, 5.41) is 3.42. The van der Waals surface area contributed by atoms with Crippen molar-refractivity contribution in [2.45, 2.75) is 11.9 Å². The van der Waals surface area contributed by atoms with Gasteiger partial charge in [0.1, 0.15) is 5.75 Å². The van der Waals surface area contributed by atoms with Gasteiger partial charge in [0, 0.05) is 15.7 Å². The fraction of sp³-hybridized carbons (Fsp3) is 0.136. The second-order valence-electron chi connectivity index (χ2n) is 6.99. The van der Waals surface area contributed by atoms with Crippen LogP contribution >= 0.6 is 23.2 Å². The maximum atomic E-state index is 13.2. The summed E-state index contributed by atoms with van der Waals surface area (Å²) in [4.78, 5) is 12.9. The van der Waals surface area contributed by atoms with Gasteiger partial charge in [-0.15, -0.1) is 0 Å². The highest BCUT2D eigenvalue weighted by atomic mass is 35.5. The highest BCUT2D eigenvalue weighted by molar-refractivity contribution is 7.92. The van der Waals surface area contributed by atoms with Gasteiger partial charge in [0.2, 0.25) is 10.0 Å². The molecule has 9 heteroatoms. The first-order valence-electron chi connectivity index (χ1n) is 9.39. The van der Waals surface area contributed by atoms with Gasteiger partial charge in [0.25, 0.3) is 5.91 Å². The van der Waals surface area contributed by atoms with Gasteiger partial charge in [0.05, 0.1) is 18.0 Å². The zero-order valence-electron chi connectivity index (χ0n) is 16.2. The van der Waals surface area contributed by atoms with Gasteiger partial charge in [-0.05, 0) is 35.9 Å². The molecule has 0 saturated carbocycles. The van der Waals surface area contributed by atoms with Crippen molar-refractivity contribution in [3.8, 4) is 5.75 Å². The number of anilines is 2. The number of ether oxygens (including phenoxy) is 1. The van der Waals surface area contributed by atoms with Crippen LogP contribution < -0.4 is 14.4 Å². The standard InChI is InChI=1S/C22H18Cl2N2O4S/c23-16-10-17(24)12-18(11-16)25-22(27)21-13-26(19-8-4-5-9-20(19)30-21)31(28,29)14-15-6-2-1-3-7-15/h1-12,21H,13-14H2,(H,25,27). The lowest BCUT2D eigenvalue weighted by molar-refractivity contribution is -0.122. The van der Waals surface area contributed by atoms with Crippen LogP contribution in [0, 0.1) is 0 Å². The Morgan fingerprint density at radius 1 is 1.00 bits per heavy atom. The molecular formula is C22H18Cl2N2O4S. The van der Waals surface area contributed by atoms with Crippen molar-refractivity contribution in [2.24, 2.45) is 0 Å². The smallest absolute Gasteiger partial charge is 0.267 e. The summed E-state index contributed by atoms with van der Waals surface area (Å²) < 4.78 is 33.5. The average Bonchev–Trinajstić information content (AvgIpc) is 2.72. The molecule has 1 heterocycles. The third-order valence-electron chi connectivity index (χ3n) is 4.69. The van der Waals surface area contributed by atoms with Crippen LogP contribution in [0.3, 0.4) is 0 Å². The molecule has 1 N–H and O–H groups in total. The molecule has 0 saturated heterocycles. The Balaban J connectivity index is 1.61. The fourth-order valence-corrected chi connectivity index (χ4v) is 5.42. The van der Waals surface area contributed by atoms with E-state index in [1.54, 1.807) is 66.7 Å². The van der Waals surface area contributed by atoms with Crippen molar-refractivity contribution in [2.75, 3.05) is 16.2 Å². The van der Waals surface area contributed by atoms with Gasteiger partial charge in [-0.1, -0.05) is 65.7 Å². The van der Waals surface area contributed by atoms with E-state index in [-0.39, 0.29) is 12.3 Å². The van der Waals surface area contributed by atoms with Crippen LogP contribution in [0.4, 0.5) is 11.4 Å². The topological polar surface area (TPSA) is 75.7 Å². The molecule has 0 radical (unpaired) electrons. The van der Waals surface area contributed by atoms with Crippen molar-refractivity contribution < 1.29 is 17.9 Å². The van der Waals surface area contributed by atoms with Gasteiger partial charge in [0.15, 0.2) is 6.10 Å². The lowest BCUT2D eigenvalue weighted by Crippen LogP contribution is -2.49. The van der Waals surface area contributed by atoms with E-state index in [4.69, 9.17) is 27.9 Å². The summed E-state index contributed by atoms with van der Waals surface area (Å²) in [6, 6.07) is 20.3. The Morgan fingerprint density at radius 2 is 1.65 bits per heavy atom. The predicted molar refractivity (Wildman–Crippen MR) is 122 cm³/mol. The van der Waals surface area contributed by atoms with Gasteiger partial charge < -0.3 is 10.1 Å². The van der Waals surface area contributed by atoms with Crippen LogP contribution in [0.25, 0.3) is 0 Å². The molecule has 0 aliphatic carbocycles. The number of nitrogens with zero attached hydrogens (tertiary/aromatic N) is 1. The first-order valence-corrected chi connectivity index (χ1v) is 11.8. The SMILES string of the molecule is O=C(Nc1cc(Cl)cc(Cl)c1)C1CN(S(=O)(=O)Cc2ccccc2)c2ccccc2O1. The summed E-state index contributed by atoms with van der Waals surface area (Å²) in [6.45, 7) is -0.160. The largest absolute Gasteiger partial charge is 0.476 e. The van der Waals surface area contributed by atoms with Crippen LogP contribution in [0.5, 0.6) is 5.75 Å². The minimum absolute atomic E-state index is 0.160. The van der Waals surface area contributed by atoms with Crippen LogP contribution in [0.15, 0.2) is 72.8 Å². The summed E-state index contributed by atoms with van der Waals surface area (Å²) in [5.74, 6) is -0.386. The van der Waals surface area contributed by atoms with E-state index in [0.29, 0.717) is 32.7 Å². The molecule has 0 fully saturated rings.